The van der Waals surface area contributed by atoms with Crippen molar-refractivity contribution >= 4 is 11.6 Å². The zero-order valence-electron chi connectivity index (χ0n) is 11.1. The maximum atomic E-state index is 11.4. The van der Waals surface area contributed by atoms with Gasteiger partial charge in [-0.1, -0.05) is 24.3 Å². The van der Waals surface area contributed by atoms with Crippen molar-refractivity contribution in [3.63, 3.8) is 0 Å². The summed E-state index contributed by atoms with van der Waals surface area (Å²) in [4.78, 5) is 22.9. The summed E-state index contributed by atoms with van der Waals surface area (Å²) in [6, 6.07) is 0. The average molecular weight is 236 g/mol. The van der Waals surface area contributed by atoms with E-state index in [1.165, 1.54) is 0 Å². The van der Waals surface area contributed by atoms with Crippen LogP contribution < -0.4 is 0 Å². The van der Waals surface area contributed by atoms with E-state index in [9.17, 15) is 9.59 Å². The molecule has 0 N–H and O–H groups in total. The summed E-state index contributed by atoms with van der Waals surface area (Å²) in [7, 11) is 0. The van der Waals surface area contributed by atoms with Gasteiger partial charge in [0.2, 0.25) is 0 Å². The van der Waals surface area contributed by atoms with Gasteiger partial charge < -0.3 is 0 Å². The van der Waals surface area contributed by atoms with Crippen molar-refractivity contribution < 1.29 is 9.59 Å². The zero-order chi connectivity index (χ0) is 12.9. The van der Waals surface area contributed by atoms with Gasteiger partial charge in [0, 0.05) is 12.8 Å². The van der Waals surface area contributed by atoms with E-state index in [4.69, 9.17) is 0 Å². The van der Waals surface area contributed by atoms with E-state index >= 15 is 0 Å². The molecule has 0 saturated heterocycles. The van der Waals surface area contributed by atoms with E-state index in [-0.39, 0.29) is 18.0 Å². The topological polar surface area (TPSA) is 34.1 Å². The fourth-order valence-corrected chi connectivity index (χ4v) is 1.56. The van der Waals surface area contributed by atoms with Crippen LogP contribution in [0.25, 0.3) is 0 Å². The van der Waals surface area contributed by atoms with Gasteiger partial charge >= 0.3 is 0 Å². The number of hydrogen-bond donors (Lipinski definition) is 0. The van der Waals surface area contributed by atoms with Gasteiger partial charge in [-0.05, 0) is 39.5 Å². The van der Waals surface area contributed by atoms with Crippen LogP contribution in [0.1, 0.15) is 58.8 Å². The monoisotopic (exact) mass is 236 g/mol. The lowest BCUT2D eigenvalue weighted by Gasteiger charge is -1.99. The van der Waals surface area contributed by atoms with E-state index in [2.05, 4.69) is 0 Å². The molecule has 2 heteroatoms. The molecule has 0 rings (SSSR count). The Kier molecular flexibility index (Phi) is 10.5. The fraction of sp³-hybridized carbons (Fsp3) is 0.600. The minimum Gasteiger partial charge on any atom is -0.299 e. The van der Waals surface area contributed by atoms with Crippen molar-refractivity contribution in [2.24, 2.45) is 0 Å². The van der Waals surface area contributed by atoms with Crippen molar-refractivity contribution in [3.8, 4) is 0 Å². The first-order valence-electron chi connectivity index (χ1n) is 6.46. The van der Waals surface area contributed by atoms with Crippen molar-refractivity contribution in [2.75, 3.05) is 0 Å². The van der Waals surface area contributed by atoms with Gasteiger partial charge in [0.05, 0.1) is 6.42 Å². The maximum absolute atomic E-state index is 11.4. The molecular weight excluding hydrogens is 212 g/mol. The number of carbonyl (C=O) groups excluding carboxylic acids is 2. The predicted molar refractivity (Wildman–Crippen MR) is 72.0 cm³/mol. The van der Waals surface area contributed by atoms with Gasteiger partial charge in [-0.15, -0.1) is 0 Å². The Labute approximate surface area is 105 Å². The highest BCUT2D eigenvalue weighted by atomic mass is 16.1. The Morgan fingerprint density at radius 2 is 1.24 bits per heavy atom. The molecule has 2 nitrogen and oxygen atoms in total. The van der Waals surface area contributed by atoms with E-state index in [1.807, 2.05) is 38.2 Å². The minimum atomic E-state index is 0.0885. The van der Waals surface area contributed by atoms with Gasteiger partial charge in [0.15, 0.2) is 0 Å². The molecule has 0 aliphatic heterocycles. The van der Waals surface area contributed by atoms with Crippen LogP contribution in [0.4, 0.5) is 0 Å². The maximum Gasteiger partial charge on any atom is 0.140 e. The minimum absolute atomic E-state index is 0.0885. The molecule has 0 unspecified atom stereocenters. The first-order chi connectivity index (χ1) is 8.20. The van der Waals surface area contributed by atoms with Crippen molar-refractivity contribution in [2.45, 2.75) is 58.8 Å². The van der Waals surface area contributed by atoms with E-state index < -0.39 is 0 Å². The molecule has 0 aliphatic rings. The van der Waals surface area contributed by atoms with E-state index in [1.54, 1.807) is 0 Å². The Bertz CT molecular complexity index is 247. The summed E-state index contributed by atoms with van der Waals surface area (Å²) in [6.45, 7) is 3.94. The summed E-state index contributed by atoms with van der Waals surface area (Å²) in [5.74, 6) is 0.177. The summed E-state index contributed by atoms with van der Waals surface area (Å²) >= 11 is 0. The van der Waals surface area contributed by atoms with E-state index in [0.717, 1.165) is 25.7 Å². The first-order valence-corrected chi connectivity index (χ1v) is 6.46. The van der Waals surface area contributed by atoms with Crippen molar-refractivity contribution in [1.82, 2.24) is 0 Å². The molecule has 0 aliphatic carbocycles. The highest BCUT2D eigenvalue weighted by molar-refractivity contribution is 5.98. The SMILES string of the molecule is C/C=C/CCCC(=O)CC(=O)CCC/C=C/C. The Morgan fingerprint density at radius 3 is 1.59 bits per heavy atom. The summed E-state index contributed by atoms with van der Waals surface area (Å²) in [5, 5.41) is 0. The molecule has 0 saturated carbocycles. The highest BCUT2D eigenvalue weighted by Crippen LogP contribution is 2.05. The smallest absolute Gasteiger partial charge is 0.140 e. The molecule has 17 heavy (non-hydrogen) atoms. The zero-order valence-corrected chi connectivity index (χ0v) is 11.1. The molecule has 0 spiro atoms. The number of Topliss-reactive ketones (excluding diaryl/α,β-unsaturated/α-hetero) is 2. The second kappa shape index (κ2) is 11.3. The van der Waals surface area contributed by atoms with Gasteiger partial charge in [0.1, 0.15) is 11.6 Å². The number of ketones is 2. The fourth-order valence-electron chi connectivity index (χ4n) is 1.56. The predicted octanol–water partition coefficient (Wildman–Crippen LogP) is 4.01. The lowest BCUT2D eigenvalue weighted by atomic mass is 10.0. The molecule has 0 radical (unpaired) electrons. The Balaban J connectivity index is 3.55. The van der Waals surface area contributed by atoms with Crippen LogP contribution in [0.3, 0.4) is 0 Å². The van der Waals surface area contributed by atoms with Gasteiger partial charge in [-0.2, -0.15) is 0 Å². The summed E-state index contributed by atoms with van der Waals surface area (Å²) in [6.07, 6.45) is 12.8. The lowest BCUT2D eigenvalue weighted by molar-refractivity contribution is -0.127. The molecule has 96 valence electrons. The van der Waals surface area contributed by atoms with Gasteiger partial charge in [0.25, 0.3) is 0 Å². The van der Waals surface area contributed by atoms with Crippen LogP contribution >= 0.6 is 0 Å². The molecule has 0 aromatic carbocycles. The molecular formula is C15H24O2. The van der Waals surface area contributed by atoms with Crippen molar-refractivity contribution in [3.05, 3.63) is 24.3 Å². The first kappa shape index (κ1) is 15.8. The number of carbonyl (C=O) groups is 2. The molecule has 0 fully saturated rings. The van der Waals surface area contributed by atoms with Crippen LogP contribution in [-0.4, -0.2) is 11.6 Å². The van der Waals surface area contributed by atoms with E-state index in [0.29, 0.717) is 12.8 Å². The normalized spacial score (nSPS) is 11.4. The molecule has 0 bridgehead atoms. The Hall–Kier alpha value is -1.18. The molecule has 0 amide bonds. The Morgan fingerprint density at radius 1 is 0.824 bits per heavy atom. The van der Waals surface area contributed by atoms with Crippen LogP contribution in [0, 0.1) is 0 Å². The molecule has 0 aromatic heterocycles. The van der Waals surface area contributed by atoms with Crippen LogP contribution in [-0.2, 0) is 9.59 Å². The number of allylic oxidation sites excluding steroid dienone is 4. The highest BCUT2D eigenvalue weighted by Gasteiger charge is 2.08. The quantitative estimate of drug-likeness (QED) is 0.326. The number of hydrogen-bond acceptors (Lipinski definition) is 2. The second-order valence-corrected chi connectivity index (χ2v) is 4.18. The van der Waals surface area contributed by atoms with Gasteiger partial charge in [-0.25, -0.2) is 0 Å². The third kappa shape index (κ3) is 11.1. The van der Waals surface area contributed by atoms with Crippen LogP contribution in [0.15, 0.2) is 24.3 Å². The van der Waals surface area contributed by atoms with Crippen LogP contribution in [0.5, 0.6) is 0 Å². The van der Waals surface area contributed by atoms with Crippen LogP contribution in [0.2, 0.25) is 0 Å². The van der Waals surface area contributed by atoms with Gasteiger partial charge in [-0.3, -0.25) is 9.59 Å². The third-order valence-electron chi connectivity index (χ3n) is 2.52. The number of rotatable bonds is 10. The largest absolute Gasteiger partial charge is 0.299 e. The summed E-state index contributed by atoms with van der Waals surface area (Å²) < 4.78 is 0. The molecule has 0 heterocycles. The van der Waals surface area contributed by atoms with Crippen molar-refractivity contribution in [1.29, 1.82) is 0 Å². The molecule has 0 aromatic rings. The number of unbranched alkanes of at least 4 members (excludes halogenated alkanes) is 2. The lowest BCUT2D eigenvalue weighted by Crippen LogP contribution is -2.07. The standard InChI is InChI=1S/C15H24O2/c1-3-5-7-9-11-14(16)13-15(17)12-10-8-6-4-2/h3-6H,7-13H2,1-2H3/b5-3+,6-4+. The third-order valence-corrected chi connectivity index (χ3v) is 2.52. The summed E-state index contributed by atoms with van der Waals surface area (Å²) in [5.41, 5.74) is 0. The molecule has 0 atom stereocenters. The second-order valence-electron chi connectivity index (χ2n) is 4.18. The average Bonchev–Trinajstić information content (AvgIpc) is 2.30.